The second kappa shape index (κ2) is 9.46. The van der Waals surface area contributed by atoms with Crippen molar-refractivity contribution in [3.63, 3.8) is 0 Å². The van der Waals surface area contributed by atoms with Crippen LogP contribution in [0.5, 0.6) is 0 Å². The third-order valence-electron chi connectivity index (χ3n) is 4.33. The van der Waals surface area contributed by atoms with Crippen LogP contribution in [-0.4, -0.2) is 39.6 Å². The highest BCUT2D eigenvalue weighted by atomic mass is 16.6. The molecule has 0 radical (unpaired) electrons. The van der Waals surface area contributed by atoms with E-state index < -0.39 is 4.92 Å². The second-order valence-electron chi connectivity index (χ2n) is 6.49. The van der Waals surface area contributed by atoms with Gasteiger partial charge in [-0.05, 0) is 31.2 Å². The zero-order valence-corrected chi connectivity index (χ0v) is 16.4. The molecule has 154 valence electrons. The van der Waals surface area contributed by atoms with Gasteiger partial charge in [0.25, 0.3) is 5.69 Å². The van der Waals surface area contributed by atoms with Crippen LogP contribution in [0.25, 0.3) is 16.9 Å². The largest absolute Gasteiger partial charge is 0.355 e. The first-order valence-corrected chi connectivity index (χ1v) is 9.40. The zero-order valence-electron chi connectivity index (χ0n) is 16.4. The lowest BCUT2D eigenvalue weighted by Gasteiger charge is -2.06. The molecule has 0 aliphatic rings. The Morgan fingerprint density at radius 1 is 1.03 bits per heavy atom. The van der Waals surface area contributed by atoms with Gasteiger partial charge in [0.1, 0.15) is 0 Å². The van der Waals surface area contributed by atoms with E-state index in [1.165, 1.54) is 12.1 Å². The van der Waals surface area contributed by atoms with Crippen LogP contribution in [0.2, 0.25) is 0 Å². The molecule has 3 rings (SSSR count). The fourth-order valence-electron chi connectivity index (χ4n) is 2.91. The Labute approximate surface area is 172 Å². The molecule has 0 unspecified atom stereocenters. The predicted molar refractivity (Wildman–Crippen MR) is 111 cm³/mol. The summed E-state index contributed by atoms with van der Waals surface area (Å²) in [6.07, 6.45) is 1.76. The number of benzene rings is 2. The summed E-state index contributed by atoms with van der Waals surface area (Å²) >= 11 is 0. The number of likely N-dealkylation sites (N-methyl/N-ethyl adjacent to an activating group) is 1. The van der Waals surface area contributed by atoms with Gasteiger partial charge in [-0.1, -0.05) is 18.2 Å². The number of carbonyl (C=O) groups is 2. The number of nitro benzene ring substituents is 1. The summed E-state index contributed by atoms with van der Waals surface area (Å²) in [6.45, 7) is 2.18. The van der Waals surface area contributed by atoms with Crippen LogP contribution >= 0.6 is 0 Å². The molecule has 0 saturated carbocycles. The van der Waals surface area contributed by atoms with Gasteiger partial charge >= 0.3 is 0 Å². The number of nitrogens with zero attached hydrogens (tertiary/aromatic N) is 3. The summed E-state index contributed by atoms with van der Waals surface area (Å²) in [6, 6.07) is 15.4. The van der Waals surface area contributed by atoms with Crippen molar-refractivity contribution in [1.82, 2.24) is 20.4 Å². The number of para-hydroxylation sites is 1. The SMILES string of the molecule is CCNC(=O)CNC(=O)Cc1cn(-c2ccccc2)nc1-c1ccc([N+](=O)[O-])cc1. The van der Waals surface area contributed by atoms with Crippen molar-refractivity contribution in [3.8, 4) is 16.9 Å². The molecule has 9 nitrogen and oxygen atoms in total. The Morgan fingerprint density at radius 3 is 2.37 bits per heavy atom. The molecular weight excluding hydrogens is 386 g/mol. The Kier molecular flexibility index (Phi) is 6.53. The van der Waals surface area contributed by atoms with E-state index in [1.54, 1.807) is 29.9 Å². The van der Waals surface area contributed by atoms with Crippen molar-refractivity contribution < 1.29 is 14.5 Å². The predicted octanol–water partition coefficient (Wildman–Crippen LogP) is 2.24. The highest BCUT2D eigenvalue weighted by Gasteiger charge is 2.17. The highest BCUT2D eigenvalue weighted by molar-refractivity contribution is 5.86. The van der Waals surface area contributed by atoms with Crippen molar-refractivity contribution >= 4 is 17.5 Å². The number of rotatable bonds is 8. The molecule has 0 aliphatic heterocycles. The number of non-ortho nitro benzene ring substituents is 1. The normalized spacial score (nSPS) is 10.4. The van der Waals surface area contributed by atoms with E-state index in [2.05, 4.69) is 15.7 Å². The first-order valence-electron chi connectivity index (χ1n) is 9.40. The van der Waals surface area contributed by atoms with Gasteiger partial charge in [0.15, 0.2) is 0 Å². The monoisotopic (exact) mass is 407 g/mol. The van der Waals surface area contributed by atoms with Crippen molar-refractivity contribution in [1.29, 1.82) is 0 Å². The zero-order chi connectivity index (χ0) is 21.5. The number of amides is 2. The highest BCUT2D eigenvalue weighted by Crippen LogP contribution is 2.26. The molecule has 0 aliphatic carbocycles. The lowest BCUT2D eigenvalue weighted by Crippen LogP contribution is -2.37. The minimum absolute atomic E-state index is 0.0125. The molecule has 2 amide bonds. The smallest absolute Gasteiger partial charge is 0.269 e. The Balaban J connectivity index is 1.88. The standard InChI is InChI=1S/C21H21N5O4/c1-2-22-20(28)13-23-19(27)12-16-14-25(17-6-4-3-5-7-17)24-21(16)15-8-10-18(11-9-15)26(29)30/h3-11,14H,2,12-13H2,1H3,(H,22,28)(H,23,27). The molecule has 0 saturated heterocycles. The number of hydrogen-bond acceptors (Lipinski definition) is 5. The minimum Gasteiger partial charge on any atom is -0.355 e. The van der Waals surface area contributed by atoms with E-state index in [0.29, 0.717) is 23.4 Å². The van der Waals surface area contributed by atoms with Gasteiger partial charge in [-0.25, -0.2) is 4.68 Å². The van der Waals surface area contributed by atoms with E-state index >= 15 is 0 Å². The van der Waals surface area contributed by atoms with Crippen LogP contribution in [0.1, 0.15) is 12.5 Å². The van der Waals surface area contributed by atoms with E-state index in [4.69, 9.17) is 0 Å². The fraction of sp³-hybridized carbons (Fsp3) is 0.190. The molecule has 2 N–H and O–H groups in total. The summed E-state index contributed by atoms with van der Waals surface area (Å²) in [5.74, 6) is -0.585. The molecule has 1 aromatic heterocycles. The van der Waals surface area contributed by atoms with Gasteiger partial charge in [-0.15, -0.1) is 0 Å². The molecule has 0 bridgehead atoms. The number of aromatic nitrogens is 2. The van der Waals surface area contributed by atoms with Crippen molar-refractivity contribution in [2.24, 2.45) is 0 Å². The molecule has 3 aromatic rings. The lowest BCUT2D eigenvalue weighted by molar-refractivity contribution is -0.384. The van der Waals surface area contributed by atoms with Crippen molar-refractivity contribution in [2.75, 3.05) is 13.1 Å². The molecule has 0 fully saturated rings. The van der Waals surface area contributed by atoms with Crippen LogP contribution in [0.3, 0.4) is 0 Å². The van der Waals surface area contributed by atoms with Gasteiger partial charge in [-0.2, -0.15) is 5.10 Å². The van der Waals surface area contributed by atoms with Gasteiger partial charge in [0.2, 0.25) is 11.8 Å². The third-order valence-corrected chi connectivity index (χ3v) is 4.33. The summed E-state index contributed by atoms with van der Waals surface area (Å²) in [5, 5.41) is 20.7. The van der Waals surface area contributed by atoms with Crippen molar-refractivity contribution in [3.05, 3.63) is 76.5 Å². The van der Waals surface area contributed by atoms with Gasteiger partial charge < -0.3 is 10.6 Å². The third kappa shape index (κ3) is 5.07. The summed E-state index contributed by atoms with van der Waals surface area (Å²) in [7, 11) is 0. The topological polar surface area (TPSA) is 119 Å². The van der Waals surface area contributed by atoms with Gasteiger partial charge in [0.05, 0.1) is 29.3 Å². The maximum Gasteiger partial charge on any atom is 0.269 e. The van der Waals surface area contributed by atoms with Gasteiger partial charge in [0, 0.05) is 36.0 Å². The van der Waals surface area contributed by atoms with E-state index in [0.717, 1.165) is 5.69 Å². The van der Waals surface area contributed by atoms with E-state index in [-0.39, 0.29) is 30.5 Å². The van der Waals surface area contributed by atoms with E-state index in [1.807, 2.05) is 30.3 Å². The average molecular weight is 407 g/mol. The van der Waals surface area contributed by atoms with Crippen LogP contribution < -0.4 is 10.6 Å². The first kappa shape index (κ1) is 20.7. The molecule has 9 heteroatoms. The molecule has 0 spiro atoms. The summed E-state index contributed by atoms with van der Waals surface area (Å²) < 4.78 is 1.66. The second-order valence-corrected chi connectivity index (χ2v) is 6.49. The molecule has 0 atom stereocenters. The number of hydrogen-bond donors (Lipinski definition) is 2. The molecule has 1 heterocycles. The minimum atomic E-state index is -0.470. The Morgan fingerprint density at radius 2 is 1.73 bits per heavy atom. The average Bonchev–Trinajstić information content (AvgIpc) is 3.17. The Bertz CT molecular complexity index is 1050. The molecule has 2 aromatic carbocycles. The number of nitro groups is 1. The van der Waals surface area contributed by atoms with Crippen LogP contribution in [0.4, 0.5) is 5.69 Å². The molecular formula is C21H21N5O4. The lowest BCUT2D eigenvalue weighted by atomic mass is 10.1. The number of nitrogens with one attached hydrogen (secondary N) is 2. The fourth-order valence-corrected chi connectivity index (χ4v) is 2.91. The van der Waals surface area contributed by atoms with Crippen LogP contribution in [-0.2, 0) is 16.0 Å². The van der Waals surface area contributed by atoms with Gasteiger partial charge in [-0.3, -0.25) is 19.7 Å². The maximum absolute atomic E-state index is 12.4. The van der Waals surface area contributed by atoms with Crippen LogP contribution in [0, 0.1) is 10.1 Å². The summed E-state index contributed by atoms with van der Waals surface area (Å²) in [5.41, 5.74) is 2.63. The van der Waals surface area contributed by atoms with Crippen LogP contribution in [0.15, 0.2) is 60.8 Å². The summed E-state index contributed by atoms with van der Waals surface area (Å²) in [4.78, 5) is 34.4. The molecule has 30 heavy (non-hydrogen) atoms. The van der Waals surface area contributed by atoms with Crippen molar-refractivity contribution in [2.45, 2.75) is 13.3 Å². The number of carbonyl (C=O) groups excluding carboxylic acids is 2. The quantitative estimate of drug-likeness (QED) is 0.438. The van der Waals surface area contributed by atoms with E-state index in [9.17, 15) is 19.7 Å². The first-order chi connectivity index (χ1) is 14.5. The maximum atomic E-state index is 12.4. The Hall–Kier alpha value is -4.01.